The molecule has 4 rings (SSSR count). The minimum absolute atomic E-state index is 0.158. The van der Waals surface area contributed by atoms with E-state index in [1.165, 1.54) is 0 Å². The largest absolute Gasteiger partial charge is 0.366 e. The lowest BCUT2D eigenvalue weighted by atomic mass is 10.2. The van der Waals surface area contributed by atoms with Crippen molar-refractivity contribution in [2.75, 3.05) is 30.4 Å². The predicted octanol–water partition coefficient (Wildman–Crippen LogP) is 2.31. The average molecular weight is 489 g/mol. The zero-order chi connectivity index (χ0) is 25.7. The van der Waals surface area contributed by atoms with Crippen LogP contribution in [0.4, 0.5) is 11.6 Å². The van der Waals surface area contributed by atoms with Gasteiger partial charge in [0.2, 0.25) is 17.8 Å². The summed E-state index contributed by atoms with van der Waals surface area (Å²) in [6, 6.07) is 14.4. The van der Waals surface area contributed by atoms with Crippen LogP contribution in [0, 0.1) is 0 Å². The first-order chi connectivity index (χ1) is 17.3. The van der Waals surface area contributed by atoms with Gasteiger partial charge in [0.05, 0.1) is 11.0 Å². The lowest BCUT2D eigenvalue weighted by Crippen LogP contribution is -2.26. The third-order valence-corrected chi connectivity index (χ3v) is 6.06. The molecule has 10 heteroatoms. The number of likely N-dealkylation sites (tertiary alicyclic amines) is 1. The van der Waals surface area contributed by atoms with Gasteiger partial charge in [0.15, 0.2) is 0 Å². The molecule has 0 bridgehead atoms. The number of aromatic nitrogens is 2. The first kappa shape index (κ1) is 24.6. The lowest BCUT2D eigenvalue weighted by Gasteiger charge is -2.18. The molecular weight excluding hydrogens is 460 g/mol. The number of nitrogens with two attached hydrogens (primary N) is 1. The summed E-state index contributed by atoms with van der Waals surface area (Å²) in [6.45, 7) is 1.88. The van der Waals surface area contributed by atoms with Gasteiger partial charge in [-0.1, -0.05) is 18.2 Å². The van der Waals surface area contributed by atoms with Crippen molar-refractivity contribution in [3.63, 3.8) is 0 Å². The van der Waals surface area contributed by atoms with Gasteiger partial charge in [0, 0.05) is 56.5 Å². The van der Waals surface area contributed by atoms with E-state index in [1.807, 2.05) is 39.8 Å². The third-order valence-electron chi connectivity index (χ3n) is 6.06. The maximum Gasteiger partial charge on any atom is 0.258 e. The number of nitrogens with one attached hydrogen (secondary N) is 1. The van der Waals surface area contributed by atoms with Crippen LogP contribution in [0.1, 0.15) is 29.6 Å². The maximum atomic E-state index is 12.9. The summed E-state index contributed by atoms with van der Waals surface area (Å²) in [6.07, 6.45) is 4.15. The fourth-order valence-corrected chi connectivity index (χ4v) is 4.21. The molecule has 2 heterocycles. The number of hydrogen-bond acceptors (Lipinski definition) is 5. The second kappa shape index (κ2) is 10.9. The Morgan fingerprint density at radius 3 is 2.58 bits per heavy atom. The van der Waals surface area contributed by atoms with Crippen molar-refractivity contribution < 1.29 is 19.2 Å². The van der Waals surface area contributed by atoms with E-state index in [0.29, 0.717) is 48.6 Å². The second-order valence-corrected chi connectivity index (χ2v) is 8.55. The van der Waals surface area contributed by atoms with Crippen LogP contribution in [0.15, 0.2) is 60.7 Å². The van der Waals surface area contributed by atoms with Gasteiger partial charge < -0.3 is 20.1 Å². The molecule has 1 aliphatic heterocycles. The summed E-state index contributed by atoms with van der Waals surface area (Å²) < 4.78 is 1.86. The van der Waals surface area contributed by atoms with E-state index in [1.54, 1.807) is 30.1 Å². The van der Waals surface area contributed by atoms with Crippen LogP contribution in [0.5, 0.6) is 0 Å². The van der Waals surface area contributed by atoms with Crippen LogP contribution < -0.4 is 16.0 Å². The molecule has 36 heavy (non-hydrogen) atoms. The smallest absolute Gasteiger partial charge is 0.258 e. The Labute approximate surface area is 208 Å². The van der Waals surface area contributed by atoms with Crippen molar-refractivity contribution in [2.24, 2.45) is 5.73 Å². The van der Waals surface area contributed by atoms with E-state index in [4.69, 9.17) is 5.73 Å². The highest BCUT2D eigenvalue weighted by atomic mass is 16.2. The zero-order valence-electron chi connectivity index (χ0n) is 20.0. The standard InChI is InChI=1S/C26H28N6O4/c1-30(25(36)18-7-3-2-4-8-18)19-10-11-21-20(17-19)28-26(29-23(34)13-12-22(27)33)32(21)16-6-15-31-14-5-9-24(31)35/h2-4,7-8,10-13,17H,5-6,9,14-16H2,1H3,(H2,27,33)(H,28,29,34)/b13-12+. The molecule has 0 atom stereocenters. The molecule has 3 N–H and O–H groups in total. The molecule has 0 aliphatic carbocycles. The highest BCUT2D eigenvalue weighted by molar-refractivity contribution is 6.07. The molecule has 0 unspecified atom stereocenters. The van der Waals surface area contributed by atoms with Crippen molar-refractivity contribution >= 4 is 46.3 Å². The summed E-state index contributed by atoms with van der Waals surface area (Å²) in [5, 5.41) is 2.70. The molecule has 0 spiro atoms. The highest BCUT2D eigenvalue weighted by Gasteiger charge is 2.21. The maximum absolute atomic E-state index is 12.9. The molecule has 1 aliphatic rings. The van der Waals surface area contributed by atoms with Crippen LogP contribution in [0.2, 0.25) is 0 Å². The number of hydrogen-bond donors (Lipinski definition) is 2. The van der Waals surface area contributed by atoms with Crippen LogP contribution in [-0.4, -0.2) is 58.2 Å². The van der Waals surface area contributed by atoms with Gasteiger partial charge in [-0.05, 0) is 43.2 Å². The first-order valence-corrected chi connectivity index (χ1v) is 11.7. The third kappa shape index (κ3) is 5.60. The normalized spacial score (nSPS) is 13.5. The Morgan fingerprint density at radius 2 is 1.89 bits per heavy atom. The van der Waals surface area contributed by atoms with Crippen LogP contribution in [0.3, 0.4) is 0 Å². The fourth-order valence-electron chi connectivity index (χ4n) is 4.21. The van der Waals surface area contributed by atoms with E-state index in [2.05, 4.69) is 10.3 Å². The topological polar surface area (TPSA) is 131 Å². The number of amides is 4. The van der Waals surface area contributed by atoms with Gasteiger partial charge in [-0.3, -0.25) is 24.5 Å². The Hall–Kier alpha value is -4.47. The molecule has 10 nitrogen and oxygen atoms in total. The number of nitrogens with zero attached hydrogens (tertiary/aromatic N) is 4. The number of aryl methyl sites for hydroxylation is 1. The number of carbonyl (C=O) groups is 4. The number of fused-ring (bicyclic) bond motifs is 1. The minimum atomic E-state index is -0.732. The average Bonchev–Trinajstić information content (AvgIpc) is 3.44. The van der Waals surface area contributed by atoms with Gasteiger partial charge in [-0.25, -0.2) is 4.98 Å². The Kier molecular flexibility index (Phi) is 7.43. The number of carbonyl (C=O) groups excluding carboxylic acids is 4. The SMILES string of the molecule is CN(C(=O)c1ccccc1)c1ccc2c(c1)nc(NC(=O)/C=C/C(N)=O)n2CCCN1CCCC1=O. The number of anilines is 2. The van der Waals surface area contributed by atoms with Crippen LogP contribution in [0.25, 0.3) is 11.0 Å². The molecule has 1 aromatic heterocycles. The van der Waals surface area contributed by atoms with Crippen LogP contribution >= 0.6 is 0 Å². The quantitative estimate of drug-likeness (QED) is 0.446. The van der Waals surface area contributed by atoms with Gasteiger partial charge in [-0.15, -0.1) is 0 Å². The van der Waals surface area contributed by atoms with Gasteiger partial charge in [0.1, 0.15) is 0 Å². The molecule has 3 aromatic rings. The molecule has 1 fully saturated rings. The molecule has 0 radical (unpaired) electrons. The van der Waals surface area contributed by atoms with Crippen molar-refractivity contribution in [3.8, 4) is 0 Å². The summed E-state index contributed by atoms with van der Waals surface area (Å²) >= 11 is 0. The Balaban J connectivity index is 1.60. The van der Waals surface area contributed by atoms with Crippen molar-refractivity contribution in [1.82, 2.24) is 14.5 Å². The number of rotatable bonds is 9. The highest BCUT2D eigenvalue weighted by Crippen LogP contribution is 2.26. The van der Waals surface area contributed by atoms with Gasteiger partial charge in [0.25, 0.3) is 11.8 Å². The first-order valence-electron chi connectivity index (χ1n) is 11.7. The van der Waals surface area contributed by atoms with Gasteiger partial charge in [-0.2, -0.15) is 0 Å². The van der Waals surface area contributed by atoms with Crippen molar-refractivity contribution in [3.05, 3.63) is 66.2 Å². The van der Waals surface area contributed by atoms with E-state index < -0.39 is 11.8 Å². The molecule has 4 amide bonds. The number of imidazole rings is 1. The molecule has 1 saturated heterocycles. The number of primary amides is 1. The number of benzene rings is 2. The Morgan fingerprint density at radius 1 is 1.11 bits per heavy atom. The lowest BCUT2D eigenvalue weighted by molar-refractivity contribution is -0.127. The fraction of sp³-hybridized carbons (Fsp3) is 0.269. The van der Waals surface area contributed by atoms with Crippen molar-refractivity contribution in [2.45, 2.75) is 25.8 Å². The van der Waals surface area contributed by atoms with Crippen LogP contribution in [-0.2, 0) is 20.9 Å². The van der Waals surface area contributed by atoms with Gasteiger partial charge >= 0.3 is 0 Å². The summed E-state index contributed by atoms with van der Waals surface area (Å²) in [7, 11) is 1.69. The minimum Gasteiger partial charge on any atom is -0.366 e. The van der Waals surface area contributed by atoms with E-state index in [-0.39, 0.29) is 11.8 Å². The van der Waals surface area contributed by atoms with E-state index >= 15 is 0 Å². The van der Waals surface area contributed by atoms with Crippen molar-refractivity contribution in [1.29, 1.82) is 0 Å². The monoisotopic (exact) mass is 488 g/mol. The molecule has 0 saturated carbocycles. The molecule has 186 valence electrons. The Bertz CT molecular complexity index is 1330. The predicted molar refractivity (Wildman–Crippen MR) is 136 cm³/mol. The van der Waals surface area contributed by atoms with E-state index in [9.17, 15) is 19.2 Å². The summed E-state index contributed by atoms with van der Waals surface area (Å²) in [4.78, 5) is 56.1. The molecular formula is C26H28N6O4. The second-order valence-electron chi connectivity index (χ2n) is 8.55. The summed E-state index contributed by atoms with van der Waals surface area (Å²) in [5.41, 5.74) is 7.65. The van der Waals surface area contributed by atoms with E-state index in [0.717, 1.165) is 30.6 Å². The zero-order valence-corrected chi connectivity index (χ0v) is 20.0. The summed E-state index contributed by atoms with van der Waals surface area (Å²) in [5.74, 6) is -0.978. The molecule has 2 aromatic carbocycles.